The van der Waals surface area contributed by atoms with Gasteiger partial charge in [0.25, 0.3) is 0 Å². The van der Waals surface area contributed by atoms with E-state index in [4.69, 9.17) is 17.9 Å². The number of hydrogen-bond donors (Lipinski definition) is 3. The van der Waals surface area contributed by atoms with Crippen LogP contribution in [-0.2, 0) is 20.0 Å². The fourth-order valence-electron chi connectivity index (χ4n) is 20.9. The number of rotatable bonds is 14. The Balaban J connectivity index is 0.000000136. The van der Waals surface area contributed by atoms with Gasteiger partial charge >= 0.3 is 0 Å². The number of aromatic nitrogens is 28. The third-order valence-corrected chi connectivity index (χ3v) is 33.7. The van der Waals surface area contributed by atoms with Gasteiger partial charge in [0.05, 0.1) is 28.1 Å². The van der Waals surface area contributed by atoms with Crippen molar-refractivity contribution in [3.05, 3.63) is 146 Å². The van der Waals surface area contributed by atoms with E-state index in [0.29, 0.717) is 59.2 Å². The van der Waals surface area contributed by atoms with Gasteiger partial charge in [-0.05, 0) is 442 Å². The van der Waals surface area contributed by atoms with Crippen LogP contribution in [-0.4, -0.2) is 442 Å². The lowest BCUT2D eigenvalue weighted by Crippen LogP contribution is -2.30. The minimum absolute atomic E-state index is 0.484. The first-order valence-electron chi connectivity index (χ1n) is 55.1. The third-order valence-electron chi connectivity index (χ3n) is 31.4. The van der Waals surface area contributed by atoms with Gasteiger partial charge in [-0.1, -0.05) is 22.5 Å². The van der Waals surface area contributed by atoms with E-state index in [0.717, 1.165) is 206 Å². The van der Waals surface area contributed by atoms with E-state index in [1.54, 1.807) is 70.3 Å². The molecule has 12 aromatic rings. The molecule has 0 bridgehead atoms. The molecule has 0 unspecified atom stereocenters. The standard InChI is InChI=1S/C10H18N4.C9H17N5.C9H15N3O.2C9H14N2O.2C9H14N2S.C8H15N5.C8H14N4.C8H13N3O.C8H13N3S.C7H13N5/c1-3-9-11-10(13-12-9)8-4-6-14(2)7-5-8;1-3-14-9(10-11-12-14)8-4-6-13(2)7-5-8;1-7-10-9(13-11-7)8-3-5-12(2)6-4-8;1-11-5-2-8(3-6-11)9-10-4-7-12-9;1-11-5-2-8(3-6-11)9-4-7-12-10-9;1-11-5-2-8(3-6-11)9-10-4-7-12-9;1-11-4-2-8(3-5-11)9-6-12-7-10-9;1-12-5-3-7(4-6-12)8-9-10-11-13(8)2;1-12-4-2-7(3-5-12)8-9-6-10-11-8;1-11-4-2-7(3-5-11)8-10-9-6-12-8;1-11-4-2-7(3-5-11)8-9-6-10-12-8;1-12-4-2-6(3-5-12)7-8-10-11-9-7/h8H,3-7H2,1-2H3,(H,11,12,13);8H,3-7H2,1-2H3;8H,3-6H2,1-2H3;3*4,7-8H,2-3,5-6H2,1H3;6-8H,2-5H2,1H3;7H,3-6H2,1-2H3;6-7H,2-5H2,1H3,(H,9,10,11);2*6-7H,2-5H2,1H3;6H,2-5H2,1H3,(H,8,9,10,11). The molecule has 0 amide bonds. The summed E-state index contributed by atoms with van der Waals surface area (Å²) in [4.78, 5) is 58.4. The van der Waals surface area contributed by atoms with Crippen LogP contribution in [0, 0.1) is 6.92 Å². The molecular formula is C103H174N40O4S3. The molecule has 24 heterocycles. The van der Waals surface area contributed by atoms with E-state index < -0.39 is 0 Å². The summed E-state index contributed by atoms with van der Waals surface area (Å²) >= 11 is 5.06. The minimum Gasteiger partial charge on any atom is -0.449 e. The number of aromatic amines is 3. The highest BCUT2D eigenvalue weighted by atomic mass is 32.1. The molecule has 44 nitrogen and oxygen atoms in total. The summed E-state index contributed by atoms with van der Waals surface area (Å²) in [5.41, 5.74) is 4.38. The molecule has 12 aliphatic rings. The average Bonchev–Trinajstić information content (AvgIpc) is 1.70. The van der Waals surface area contributed by atoms with E-state index in [9.17, 15) is 0 Å². The molecule has 828 valence electrons. The van der Waals surface area contributed by atoms with Gasteiger partial charge in [-0.25, -0.2) is 39.3 Å². The van der Waals surface area contributed by atoms with Crippen molar-refractivity contribution in [2.45, 2.75) is 259 Å². The van der Waals surface area contributed by atoms with Crippen LogP contribution < -0.4 is 0 Å². The van der Waals surface area contributed by atoms with Crippen molar-refractivity contribution < 1.29 is 17.9 Å². The normalized spacial score (nSPS) is 21.1. The third kappa shape index (κ3) is 39.8. The molecule has 47 heteroatoms. The Morgan fingerprint density at radius 1 is 0.380 bits per heavy atom. The summed E-state index contributed by atoms with van der Waals surface area (Å²) in [6.45, 7) is 35.0. The van der Waals surface area contributed by atoms with E-state index in [1.165, 1.54) is 216 Å². The van der Waals surface area contributed by atoms with Gasteiger partial charge in [0.15, 0.2) is 35.0 Å². The topological polar surface area (TPSA) is 445 Å². The van der Waals surface area contributed by atoms with Crippen molar-refractivity contribution in [2.75, 3.05) is 242 Å². The Morgan fingerprint density at radius 3 is 1.23 bits per heavy atom. The van der Waals surface area contributed by atoms with Crippen molar-refractivity contribution in [3.8, 4) is 0 Å². The van der Waals surface area contributed by atoms with Crippen molar-refractivity contribution in [1.29, 1.82) is 0 Å². The number of thiazole rings is 2. The van der Waals surface area contributed by atoms with Gasteiger partial charge in [0, 0.05) is 114 Å². The number of nitrogens with zero attached hydrogens (tertiary/aromatic N) is 37. The second kappa shape index (κ2) is 64.0. The van der Waals surface area contributed by atoms with E-state index in [1.807, 2.05) is 36.4 Å². The monoisotopic (exact) mass is 2130 g/mol. The number of piperidine rings is 12. The molecule has 0 saturated carbocycles. The molecule has 0 aromatic carbocycles. The molecule has 0 aliphatic carbocycles. The molecule has 12 fully saturated rings. The van der Waals surface area contributed by atoms with E-state index in [2.05, 4.69) is 300 Å². The van der Waals surface area contributed by atoms with Crippen LogP contribution in [0.25, 0.3) is 0 Å². The quantitative estimate of drug-likeness (QED) is 0.0910. The predicted molar refractivity (Wildman–Crippen MR) is 583 cm³/mol. The van der Waals surface area contributed by atoms with Crippen molar-refractivity contribution in [3.63, 3.8) is 0 Å². The highest BCUT2D eigenvalue weighted by molar-refractivity contribution is 7.09. The van der Waals surface area contributed by atoms with Gasteiger partial charge in [0.1, 0.15) is 41.8 Å². The highest BCUT2D eigenvalue weighted by Crippen LogP contribution is 2.36. The Morgan fingerprint density at radius 2 is 0.840 bits per heavy atom. The lowest BCUT2D eigenvalue weighted by Gasteiger charge is -2.27. The van der Waals surface area contributed by atoms with Crippen molar-refractivity contribution in [1.82, 2.24) is 200 Å². The van der Waals surface area contributed by atoms with E-state index in [-0.39, 0.29) is 0 Å². The SMILES string of the molecule is CCc1nc(C2CCN(C)CC2)n[nH]1.CCn1nnnc1C1CCN(C)CC1.CN1CCC(c2ccon2)CC1.CN1CCC(c2cscn2)CC1.CN1CCC(c2ncco2)CC1.CN1CCC(c2nccs2)CC1.CN1CCC(c2ncn[nH]2)CC1.CN1CCC(c2ncns2)CC1.CN1CCC(c2nn[nH]n2)CC1.CN1CCC(c2nnco2)CC1.CN1CCC(c2nnnn2C)CC1.Cc1noc(C2CCN(C)CC2)n1. The number of hydrogen-bond acceptors (Lipinski definition) is 42. The Kier molecular flexibility index (Phi) is 50.2. The van der Waals surface area contributed by atoms with Crippen LogP contribution in [0.2, 0.25) is 0 Å². The zero-order valence-electron chi connectivity index (χ0n) is 92.5. The predicted octanol–water partition coefficient (Wildman–Crippen LogP) is 12.6. The number of oxazole rings is 1. The van der Waals surface area contributed by atoms with Gasteiger partial charge < -0.3 is 76.7 Å². The maximum absolute atomic E-state index is 5.28. The first kappa shape index (κ1) is 118. The number of aryl methyl sites for hydroxylation is 4. The summed E-state index contributed by atoms with van der Waals surface area (Å²) in [7, 11) is 27.9. The number of tetrazole rings is 3. The minimum atomic E-state index is 0.484. The molecule has 12 saturated heterocycles. The van der Waals surface area contributed by atoms with Gasteiger partial charge in [-0.2, -0.15) is 24.8 Å². The first-order valence-corrected chi connectivity index (χ1v) is 57.7. The summed E-state index contributed by atoms with van der Waals surface area (Å²) in [5, 5.41) is 73.8. The second-order valence-electron chi connectivity index (χ2n) is 42.9. The maximum Gasteiger partial charge on any atom is 0.229 e. The lowest BCUT2D eigenvalue weighted by molar-refractivity contribution is 0.227. The Labute approximate surface area is 900 Å². The van der Waals surface area contributed by atoms with Crippen LogP contribution in [0.1, 0.15) is 319 Å². The fourth-order valence-corrected chi connectivity index (χ4v) is 23.0. The van der Waals surface area contributed by atoms with Crippen LogP contribution in [0.4, 0.5) is 0 Å². The molecule has 0 spiro atoms. The van der Waals surface area contributed by atoms with Crippen LogP contribution in [0.15, 0.2) is 84.2 Å². The molecule has 12 aromatic heterocycles. The highest BCUT2D eigenvalue weighted by Gasteiger charge is 2.32. The van der Waals surface area contributed by atoms with E-state index >= 15 is 0 Å². The van der Waals surface area contributed by atoms with Gasteiger partial charge in [-0.15, -0.1) is 53.3 Å². The zero-order valence-corrected chi connectivity index (χ0v) is 95.0. The molecule has 3 N–H and O–H groups in total. The average molecular weight is 2130 g/mol. The summed E-state index contributed by atoms with van der Waals surface area (Å²) in [6, 6.07) is 1.98. The second-order valence-corrected chi connectivity index (χ2v) is 45.3. The zero-order chi connectivity index (χ0) is 106. The summed E-state index contributed by atoms with van der Waals surface area (Å²) < 4.78 is 28.2. The first-order chi connectivity index (χ1) is 73.0. The largest absolute Gasteiger partial charge is 0.449 e. The molecule has 12 aliphatic heterocycles. The van der Waals surface area contributed by atoms with Crippen molar-refractivity contribution >= 4 is 34.2 Å². The lowest BCUT2D eigenvalue weighted by atomic mass is 9.94. The summed E-state index contributed by atoms with van der Waals surface area (Å²) in [5.74, 6) is 16.5. The van der Waals surface area contributed by atoms with Crippen LogP contribution >= 0.6 is 34.2 Å². The van der Waals surface area contributed by atoms with Gasteiger partial charge in [-0.3, -0.25) is 10.2 Å². The maximum atomic E-state index is 5.28. The van der Waals surface area contributed by atoms with Gasteiger partial charge in [0.2, 0.25) is 18.2 Å². The summed E-state index contributed by atoms with van der Waals surface area (Å²) in [6.07, 6.45) is 41.3. The van der Waals surface area contributed by atoms with Crippen LogP contribution in [0.5, 0.6) is 0 Å². The molecule has 0 radical (unpaired) electrons. The molecular weight excluding hydrogens is 1960 g/mol. The Bertz CT molecular complexity index is 4660. The fraction of sp³-hybridized carbons (Fsp3) is 0.757. The number of likely N-dealkylation sites (tertiary alicyclic amines) is 12. The number of H-pyrrole nitrogens is 3. The van der Waals surface area contributed by atoms with Crippen molar-refractivity contribution in [2.24, 2.45) is 7.05 Å². The molecule has 150 heavy (non-hydrogen) atoms. The molecule has 0 atom stereocenters. The Hall–Kier alpha value is -9.47. The molecule has 24 rings (SSSR count). The number of nitrogens with one attached hydrogen (secondary N) is 3. The smallest absolute Gasteiger partial charge is 0.229 e. The van der Waals surface area contributed by atoms with Crippen LogP contribution in [0.3, 0.4) is 0 Å².